The fourth-order valence-electron chi connectivity index (χ4n) is 0.762. The van der Waals surface area contributed by atoms with Crippen molar-refractivity contribution in [1.29, 1.82) is 0 Å². The van der Waals surface area contributed by atoms with Crippen molar-refractivity contribution in [3.63, 3.8) is 0 Å². The number of hydrogen-bond donors (Lipinski definition) is 0. The van der Waals surface area contributed by atoms with Crippen LogP contribution < -0.4 is 0 Å². The first-order chi connectivity index (χ1) is 6.74. The van der Waals surface area contributed by atoms with Crippen molar-refractivity contribution in [2.24, 2.45) is 0 Å². The Bertz CT molecular complexity index is 393. The van der Waals surface area contributed by atoms with Crippen LogP contribution in [-0.4, -0.2) is 17.6 Å². The average molecular weight is 193 g/mol. The van der Waals surface area contributed by atoms with E-state index in [-0.39, 0.29) is 12.2 Å². The Kier molecular flexibility index (Phi) is 3.62. The third-order valence-corrected chi connectivity index (χ3v) is 1.35. The Morgan fingerprint density at radius 2 is 2.50 bits per heavy atom. The normalized spacial score (nSPS) is 8.71. The molecule has 0 spiro atoms. The lowest BCUT2D eigenvalue weighted by atomic mass is 10.2. The van der Waals surface area contributed by atoms with E-state index in [9.17, 15) is 9.18 Å². The smallest absolute Gasteiger partial charge is 0.384 e. The molecule has 4 heteroatoms. The van der Waals surface area contributed by atoms with E-state index in [1.807, 2.05) is 0 Å². The maximum atomic E-state index is 12.9. The molecule has 0 fully saturated rings. The maximum Gasteiger partial charge on any atom is 0.384 e. The van der Waals surface area contributed by atoms with Gasteiger partial charge in [0.15, 0.2) is 5.82 Å². The summed E-state index contributed by atoms with van der Waals surface area (Å²) in [7, 11) is 0. The van der Waals surface area contributed by atoms with Gasteiger partial charge in [-0.1, -0.05) is 5.92 Å². The van der Waals surface area contributed by atoms with Gasteiger partial charge in [-0.15, -0.1) is 0 Å². The minimum atomic E-state index is -0.663. The number of hydrogen-bond acceptors (Lipinski definition) is 3. The molecule has 0 radical (unpaired) electrons. The van der Waals surface area contributed by atoms with Gasteiger partial charge in [0.25, 0.3) is 0 Å². The number of carbonyl (C=O) groups is 1. The van der Waals surface area contributed by atoms with Crippen LogP contribution in [-0.2, 0) is 9.53 Å². The summed E-state index contributed by atoms with van der Waals surface area (Å²) in [6.45, 7) is 1.93. The minimum Gasteiger partial charge on any atom is -0.456 e. The monoisotopic (exact) mass is 193 g/mol. The summed E-state index contributed by atoms with van der Waals surface area (Å²) in [5.74, 6) is 3.30. The second-order valence-electron chi connectivity index (χ2n) is 2.33. The molecule has 72 valence electrons. The molecule has 14 heavy (non-hydrogen) atoms. The van der Waals surface area contributed by atoms with Gasteiger partial charge >= 0.3 is 5.97 Å². The van der Waals surface area contributed by atoms with E-state index in [4.69, 9.17) is 0 Å². The van der Waals surface area contributed by atoms with Gasteiger partial charge in [0.05, 0.1) is 18.4 Å². The zero-order valence-electron chi connectivity index (χ0n) is 7.58. The third-order valence-electron chi connectivity index (χ3n) is 1.35. The van der Waals surface area contributed by atoms with Crippen LogP contribution in [0.25, 0.3) is 0 Å². The van der Waals surface area contributed by atoms with Gasteiger partial charge in [-0.3, -0.25) is 4.98 Å². The third kappa shape index (κ3) is 2.87. The molecule has 0 aromatic carbocycles. The maximum absolute atomic E-state index is 12.9. The van der Waals surface area contributed by atoms with Crippen molar-refractivity contribution in [1.82, 2.24) is 4.98 Å². The quantitative estimate of drug-likeness (QED) is 0.496. The van der Waals surface area contributed by atoms with Gasteiger partial charge < -0.3 is 4.74 Å². The van der Waals surface area contributed by atoms with Crippen LogP contribution in [0.4, 0.5) is 4.39 Å². The lowest BCUT2D eigenvalue weighted by Crippen LogP contribution is -1.99. The zero-order chi connectivity index (χ0) is 10.4. The molecule has 0 N–H and O–H groups in total. The molecule has 3 nitrogen and oxygen atoms in total. The molecule has 0 aliphatic rings. The Hall–Kier alpha value is -1.89. The molecular formula is C10H8FNO2. The zero-order valence-corrected chi connectivity index (χ0v) is 7.58. The number of halogens is 1. The number of carbonyl (C=O) groups excluding carboxylic acids is 1. The highest BCUT2D eigenvalue weighted by molar-refractivity contribution is 5.89. The minimum absolute atomic E-state index is 0.132. The Balaban J connectivity index is 2.77. The number of aromatic nitrogens is 1. The summed E-state index contributed by atoms with van der Waals surface area (Å²) in [6.07, 6.45) is 2.44. The predicted octanol–water partition coefficient (Wildman–Crippen LogP) is 1.14. The van der Waals surface area contributed by atoms with E-state index in [1.165, 1.54) is 12.3 Å². The molecule has 0 saturated carbocycles. The van der Waals surface area contributed by atoms with Crippen molar-refractivity contribution in [3.05, 3.63) is 29.8 Å². The van der Waals surface area contributed by atoms with Crippen molar-refractivity contribution in [2.45, 2.75) is 6.92 Å². The predicted molar refractivity (Wildman–Crippen MR) is 47.7 cm³/mol. The lowest BCUT2D eigenvalue weighted by molar-refractivity contribution is -0.136. The first-order valence-electron chi connectivity index (χ1n) is 4.02. The molecule has 1 rings (SSSR count). The highest BCUT2D eigenvalue weighted by atomic mass is 19.1. The van der Waals surface area contributed by atoms with Gasteiger partial charge in [0, 0.05) is 12.1 Å². The van der Waals surface area contributed by atoms with E-state index in [0.29, 0.717) is 0 Å². The summed E-state index contributed by atoms with van der Waals surface area (Å²) in [4.78, 5) is 14.3. The van der Waals surface area contributed by atoms with E-state index in [1.54, 1.807) is 6.92 Å². The van der Waals surface area contributed by atoms with Crippen LogP contribution >= 0.6 is 0 Å². The molecule has 0 aliphatic carbocycles. The SMILES string of the molecule is CCOC(=O)C#Cc1ccncc1F. The van der Waals surface area contributed by atoms with Crippen molar-refractivity contribution >= 4 is 5.97 Å². The Morgan fingerprint density at radius 3 is 3.14 bits per heavy atom. The number of nitrogens with zero attached hydrogens (tertiary/aromatic N) is 1. The number of rotatable bonds is 1. The highest BCUT2D eigenvalue weighted by Gasteiger charge is 1.97. The van der Waals surface area contributed by atoms with E-state index < -0.39 is 11.8 Å². The van der Waals surface area contributed by atoms with Gasteiger partial charge in [-0.2, -0.15) is 0 Å². The summed E-state index contributed by atoms with van der Waals surface area (Å²) < 4.78 is 17.5. The first-order valence-corrected chi connectivity index (χ1v) is 4.02. The Morgan fingerprint density at radius 1 is 1.71 bits per heavy atom. The van der Waals surface area contributed by atoms with Crippen LogP contribution in [0.3, 0.4) is 0 Å². The van der Waals surface area contributed by atoms with Crippen LogP contribution in [0.2, 0.25) is 0 Å². The largest absolute Gasteiger partial charge is 0.456 e. The summed E-state index contributed by atoms with van der Waals surface area (Å²) in [6, 6.07) is 1.39. The molecule has 0 saturated heterocycles. The standard InChI is InChI=1S/C10H8FNO2/c1-2-14-10(13)4-3-8-5-6-12-7-9(8)11/h5-7H,2H2,1H3. The van der Waals surface area contributed by atoms with Crippen LogP contribution in [0.5, 0.6) is 0 Å². The van der Waals surface area contributed by atoms with Gasteiger partial charge in [-0.05, 0) is 13.0 Å². The van der Waals surface area contributed by atoms with Crippen molar-refractivity contribution in [2.75, 3.05) is 6.61 Å². The average Bonchev–Trinajstić information content (AvgIpc) is 2.17. The highest BCUT2D eigenvalue weighted by Crippen LogP contribution is 2.01. The lowest BCUT2D eigenvalue weighted by Gasteiger charge is -1.92. The summed E-state index contributed by atoms with van der Waals surface area (Å²) in [5, 5.41) is 0. The van der Waals surface area contributed by atoms with Gasteiger partial charge in [-0.25, -0.2) is 9.18 Å². The second kappa shape index (κ2) is 4.97. The van der Waals surface area contributed by atoms with Crippen molar-refractivity contribution < 1.29 is 13.9 Å². The molecular weight excluding hydrogens is 185 g/mol. The van der Waals surface area contributed by atoms with Gasteiger partial charge in [0.1, 0.15) is 0 Å². The van der Waals surface area contributed by atoms with Crippen LogP contribution in [0.15, 0.2) is 18.5 Å². The molecule has 1 aromatic heterocycles. The molecule has 0 aliphatic heterocycles. The summed E-state index contributed by atoms with van der Waals surface area (Å²) in [5.41, 5.74) is 0.132. The van der Waals surface area contributed by atoms with Crippen molar-refractivity contribution in [3.8, 4) is 11.8 Å². The first kappa shape index (κ1) is 10.2. The van der Waals surface area contributed by atoms with Crippen LogP contribution in [0, 0.1) is 17.7 Å². The molecule has 0 atom stereocenters. The number of ether oxygens (including phenoxy) is 1. The van der Waals surface area contributed by atoms with Gasteiger partial charge in [0.2, 0.25) is 0 Å². The van der Waals surface area contributed by atoms with Crippen LogP contribution in [0.1, 0.15) is 12.5 Å². The Labute approximate surface area is 80.9 Å². The fourth-order valence-corrected chi connectivity index (χ4v) is 0.762. The molecule has 1 heterocycles. The van der Waals surface area contributed by atoms with E-state index >= 15 is 0 Å². The van der Waals surface area contributed by atoms with E-state index in [0.717, 1.165) is 6.20 Å². The van der Waals surface area contributed by atoms with E-state index in [2.05, 4.69) is 21.6 Å². The second-order valence-corrected chi connectivity index (χ2v) is 2.33. The number of esters is 1. The molecule has 1 aromatic rings. The molecule has 0 amide bonds. The fraction of sp³-hybridized carbons (Fsp3) is 0.200. The summed E-state index contributed by atoms with van der Waals surface area (Å²) >= 11 is 0. The molecule has 0 bridgehead atoms. The topological polar surface area (TPSA) is 39.2 Å². The number of pyridine rings is 1. The molecule has 0 unspecified atom stereocenters.